The first-order valence-electron chi connectivity index (χ1n) is 4.39. The maximum absolute atomic E-state index is 5.16. The van der Waals surface area contributed by atoms with E-state index in [4.69, 9.17) is 12.2 Å². The van der Waals surface area contributed by atoms with E-state index in [1.165, 1.54) is 0 Å². The summed E-state index contributed by atoms with van der Waals surface area (Å²) < 4.78 is 2.84. The Morgan fingerprint density at radius 2 is 2.50 bits per heavy atom. The van der Waals surface area contributed by atoms with Crippen LogP contribution >= 0.6 is 23.6 Å². The quantitative estimate of drug-likeness (QED) is 0.814. The molecule has 2 heterocycles. The van der Waals surface area contributed by atoms with Gasteiger partial charge in [0.25, 0.3) is 0 Å². The third-order valence-corrected chi connectivity index (χ3v) is 2.98. The minimum absolute atomic E-state index is 0.790. The van der Waals surface area contributed by atoms with Crippen LogP contribution in [0.2, 0.25) is 0 Å². The fourth-order valence-electron chi connectivity index (χ4n) is 1.33. The van der Waals surface area contributed by atoms with Crippen LogP contribution in [-0.4, -0.2) is 14.5 Å². The Bertz CT molecular complexity index is 453. The van der Waals surface area contributed by atoms with Crippen molar-refractivity contribution < 1.29 is 0 Å². The Morgan fingerprint density at radius 1 is 1.64 bits per heavy atom. The molecule has 0 aliphatic carbocycles. The van der Waals surface area contributed by atoms with E-state index < -0.39 is 0 Å². The smallest absolute Gasteiger partial charge is 0.177 e. The molecule has 0 aromatic carbocycles. The molecule has 2 rings (SSSR count). The molecule has 0 bridgehead atoms. The number of nitrogens with one attached hydrogen (secondary N) is 1. The molecule has 0 radical (unpaired) electrons. The van der Waals surface area contributed by atoms with Gasteiger partial charge in [-0.3, -0.25) is 0 Å². The zero-order chi connectivity index (χ0) is 9.97. The summed E-state index contributed by atoms with van der Waals surface area (Å²) in [7, 11) is 0. The van der Waals surface area contributed by atoms with Gasteiger partial charge in [0, 0.05) is 30.2 Å². The van der Waals surface area contributed by atoms with E-state index in [0.29, 0.717) is 0 Å². The fraction of sp³-hybridized carbons (Fsp3) is 0.333. The Kier molecular flexibility index (Phi) is 2.79. The van der Waals surface area contributed by atoms with Gasteiger partial charge in [0.05, 0.1) is 11.2 Å². The standard InChI is InChI=1S/C9H11N3S2/c1-7-4-12(9(13)11-7)3-2-8-5-14-6-10-8/h4-6H,2-3H2,1H3,(H,11,13). The predicted octanol–water partition coefficient (Wildman–Crippen LogP) is 2.55. The molecular formula is C9H11N3S2. The van der Waals surface area contributed by atoms with Gasteiger partial charge in [-0.2, -0.15) is 0 Å². The molecule has 0 amide bonds. The van der Waals surface area contributed by atoms with Crippen LogP contribution in [0.5, 0.6) is 0 Å². The summed E-state index contributed by atoms with van der Waals surface area (Å²) in [4.78, 5) is 7.33. The molecule has 0 saturated heterocycles. The summed E-state index contributed by atoms with van der Waals surface area (Å²) in [5.41, 5.74) is 4.10. The third kappa shape index (κ3) is 2.10. The number of rotatable bonds is 3. The molecule has 0 aliphatic rings. The summed E-state index contributed by atoms with van der Waals surface area (Å²) >= 11 is 6.79. The Balaban J connectivity index is 2.05. The normalized spacial score (nSPS) is 10.6. The average molecular weight is 225 g/mol. The van der Waals surface area contributed by atoms with Crippen molar-refractivity contribution in [1.82, 2.24) is 14.5 Å². The molecule has 3 nitrogen and oxygen atoms in total. The van der Waals surface area contributed by atoms with Crippen molar-refractivity contribution in [3.05, 3.63) is 33.2 Å². The van der Waals surface area contributed by atoms with E-state index in [2.05, 4.69) is 15.3 Å². The highest BCUT2D eigenvalue weighted by Gasteiger charge is 1.98. The van der Waals surface area contributed by atoms with Crippen molar-refractivity contribution in [2.24, 2.45) is 0 Å². The highest BCUT2D eigenvalue weighted by atomic mass is 32.1. The molecule has 14 heavy (non-hydrogen) atoms. The molecule has 0 spiro atoms. The van der Waals surface area contributed by atoms with Gasteiger partial charge in [-0.25, -0.2) is 4.98 Å². The van der Waals surface area contributed by atoms with Gasteiger partial charge in [0.2, 0.25) is 0 Å². The fourth-order valence-corrected chi connectivity index (χ4v) is 2.23. The Labute approximate surface area is 91.4 Å². The lowest BCUT2D eigenvalue weighted by molar-refractivity contribution is 0.678. The van der Waals surface area contributed by atoms with E-state index in [9.17, 15) is 0 Å². The number of nitrogens with zero attached hydrogens (tertiary/aromatic N) is 2. The molecular weight excluding hydrogens is 214 g/mol. The van der Waals surface area contributed by atoms with Crippen LogP contribution < -0.4 is 0 Å². The number of H-pyrrole nitrogens is 1. The third-order valence-electron chi connectivity index (χ3n) is 2.01. The molecule has 2 aromatic heterocycles. The van der Waals surface area contributed by atoms with Gasteiger partial charge < -0.3 is 9.55 Å². The molecule has 74 valence electrons. The second-order valence-electron chi connectivity index (χ2n) is 3.17. The van der Waals surface area contributed by atoms with Gasteiger partial charge in [-0.05, 0) is 19.1 Å². The minimum atomic E-state index is 0.790. The Morgan fingerprint density at radius 3 is 3.07 bits per heavy atom. The average Bonchev–Trinajstić information content (AvgIpc) is 2.72. The van der Waals surface area contributed by atoms with Crippen molar-refractivity contribution in [3.63, 3.8) is 0 Å². The van der Waals surface area contributed by atoms with Crippen LogP contribution in [0.25, 0.3) is 0 Å². The Hall–Kier alpha value is -0.940. The van der Waals surface area contributed by atoms with Crippen LogP contribution in [0, 0.1) is 11.7 Å². The van der Waals surface area contributed by atoms with Gasteiger partial charge in [0.15, 0.2) is 4.77 Å². The van der Waals surface area contributed by atoms with E-state index in [1.807, 2.05) is 23.2 Å². The molecule has 1 N–H and O–H groups in total. The molecule has 0 atom stereocenters. The lowest BCUT2D eigenvalue weighted by atomic mass is 10.3. The number of aromatic amines is 1. The van der Waals surface area contributed by atoms with Crippen molar-refractivity contribution in [2.75, 3.05) is 0 Å². The molecule has 0 fully saturated rings. The van der Waals surface area contributed by atoms with E-state index in [0.717, 1.165) is 29.1 Å². The van der Waals surface area contributed by atoms with Crippen molar-refractivity contribution >= 4 is 23.6 Å². The van der Waals surface area contributed by atoms with E-state index in [1.54, 1.807) is 11.3 Å². The molecule has 5 heteroatoms. The van der Waals surface area contributed by atoms with Crippen LogP contribution in [0.15, 0.2) is 17.1 Å². The van der Waals surface area contributed by atoms with Gasteiger partial charge >= 0.3 is 0 Å². The van der Waals surface area contributed by atoms with Gasteiger partial charge in [-0.1, -0.05) is 0 Å². The monoisotopic (exact) mass is 225 g/mol. The largest absolute Gasteiger partial charge is 0.335 e. The highest BCUT2D eigenvalue weighted by Crippen LogP contribution is 2.04. The topological polar surface area (TPSA) is 33.6 Å². The summed E-state index contributed by atoms with van der Waals surface area (Å²) in [6.07, 6.45) is 2.98. The lowest BCUT2D eigenvalue weighted by Crippen LogP contribution is -2.00. The molecule has 2 aromatic rings. The van der Waals surface area contributed by atoms with Crippen LogP contribution in [0.1, 0.15) is 11.4 Å². The summed E-state index contributed by atoms with van der Waals surface area (Å²) in [5, 5.41) is 2.07. The minimum Gasteiger partial charge on any atom is -0.335 e. The summed E-state index contributed by atoms with van der Waals surface area (Å²) in [6, 6.07) is 0. The lowest BCUT2D eigenvalue weighted by Gasteiger charge is -1.98. The van der Waals surface area contributed by atoms with E-state index >= 15 is 0 Å². The number of hydrogen-bond acceptors (Lipinski definition) is 3. The highest BCUT2D eigenvalue weighted by molar-refractivity contribution is 7.71. The second kappa shape index (κ2) is 4.06. The summed E-state index contributed by atoms with van der Waals surface area (Å²) in [6.45, 7) is 2.90. The van der Waals surface area contributed by atoms with Crippen LogP contribution in [-0.2, 0) is 13.0 Å². The first-order valence-corrected chi connectivity index (χ1v) is 5.74. The second-order valence-corrected chi connectivity index (χ2v) is 4.27. The maximum Gasteiger partial charge on any atom is 0.177 e. The SMILES string of the molecule is Cc1cn(CCc2cscn2)c(=S)[nH]1. The van der Waals surface area contributed by atoms with Crippen LogP contribution in [0.3, 0.4) is 0 Å². The number of thiazole rings is 1. The summed E-state index contributed by atoms with van der Waals surface area (Å²) in [5.74, 6) is 0. The number of imidazole rings is 1. The van der Waals surface area contributed by atoms with Crippen LogP contribution in [0.4, 0.5) is 0 Å². The van der Waals surface area contributed by atoms with Gasteiger partial charge in [0.1, 0.15) is 0 Å². The molecule has 0 saturated carbocycles. The number of aryl methyl sites for hydroxylation is 3. The first kappa shape index (κ1) is 9.61. The number of aromatic nitrogens is 3. The maximum atomic E-state index is 5.16. The van der Waals surface area contributed by atoms with Crippen molar-refractivity contribution in [3.8, 4) is 0 Å². The van der Waals surface area contributed by atoms with Gasteiger partial charge in [-0.15, -0.1) is 11.3 Å². The van der Waals surface area contributed by atoms with Crippen molar-refractivity contribution in [2.45, 2.75) is 19.9 Å². The molecule has 0 aliphatic heterocycles. The predicted molar refractivity (Wildman–Crippen MR) is 60.2 cm³/mol. The van der Waals surface area contributed by atoms with E-state index in [-0.39, 0.29) is 0 Å². The number of hydrogen-bond donors (Lipinski definition) is 1. The first-order chi connectivity index (χ1) is 6.75. The zero-order valence-electron chi connectivity index (χ0n) is 7.86. The molecule has 0 unspecified atom stereocenters. The van der Waals surface area contributed by atoms with Crippen molar-refractivity contribution in [1.29, 1.82) is 0 Å². The zero-order valence-corrected chi connectivity index (χ0v) is 9.49.